The first kappa shape index (κ1) is 15.9. The summed E-state index contributed by atoms with van der Waals surface area (Å²) in [7, 11) is 0. The Morgan fingerprint density at radius 2 is 2.40 bits per heavy atom. The van der Waals surface area contributed by atoms with Gasteiger partial charge in [-0.1, -0.05) is 6.92 Å². The first-order chi connectivity index (χ1) is 11.9. The van der Waals surface area contributed by atoms with Gasteiger partial charge < -0.3 is 19.7 Å². The molecule has 0 bridgehead atoms. The van der Waals surface area contributed by atoms with Crippen LogP contribution in [-0.4, -0.2) is 39.0 Å². The number of alkyl carbamates (subject to hydrolysis) is 1. The van der Waals surface area contributed by atoms with Crippen LogP contribution < -0.4 is 5.32 Å². The van der Waals surface area contributed by atoms with Gasteiger partial charge in [-0.25, -0.2) is 9.78 Å². The minimum Gasteiger partial charge on any atom is -0.441 e. The lowest BCUT2D eigenvalue weighted by Crippen LogP contribution is -2.51. The Labute approximate surface area is 145 Å². The van der Waals surface area contributed by atoms with E-state index < -0.39 is 17.1 Å². The van der Waals surface area contributed by atoms with E-state index >= 15 is 0 Å². The SMILES string of the molecule is C[C@@]1(Cn2cnc3ccc(C#N)cc32)C[C@@]2(CC[C@H]1O)CNC(=O)O2. The molecule has 4 rings (SSSR count). The highest BCUT2D eigenvalue weighted by molar-refractivity contribution is 5.77. The maximum atomic E-state index is 11.5. The van der Waals surface area contributed by atoms with Crippen molar-refractivity contribution in [1.82, 2.24) is 14.9 Å². The molecule has 1 aromatic heterocycles. The van der Waals surface area contributed by atoms with E-state index in [9.17, 15) is 9.90 Å². The lowest BCUT2D eigenvalue weighted by atomic mass is 9.66. The number of benzene rings is 1. The molecule has 25 heavy (non-hydrogen) atoms. The first-order valence-corrected chi connectivity index (χ1v) is 8.43. The number of imidazole rings is 1. The molecule has 7 nitrogen and oxygen atoms in total. The van der Waals surface area contributed by atoms with Crippen molar-refractivity contribution in [2.24, 2.45) is 5.41 Å². The number of aliphatic hydroxyl groups is 1. The smallest absolute Gasteiger partial charge is 0.407 e. The molecule has 7 heteroatoms. The predicted molar refractivity (Wildman–Crippen MR) is 89.6 cm³/mol. The molecule has 2 fully saturated rings. The standard InChI is InChI=1S/C18H20N4O3/c1-17(8-18(5-4-15(17)23)9-20-16(24)25-18)10-22-11-21-13-3-2-12(7-19)6-14(13)22/h2-3,6,11,15,23H,4-5,8-10H2,1H3,(H,20,24)/t15-,17+,18+/m1/s1. The molecule has 2 N–H and O–H groups in total. The molecule has 0 unspecified atom stereocenters. The van der Waals surface area contributed by atoms with Crippen molar-refractivity contribution in [3.05, 3.63) is 30.1 Å². The van der Waals surface area contributed by atoms with Crippen molar-refractivity contribution >= 4 is 17.1 Å². The van der Waals surface area contributed by atoms with E-state index in [1.807, 2.05) is 23.6 Å². The fourth-order valence-electron chi connectivity index (χ4n) is 4.23. The topological polar surface area (TPSA) is 100 Å². The minimum atomic E-state index is -0.542. The third kappa shape index (κ3) is 2.63. The van der Waals surface area contributed by atoms with E-state index in [-0.39, 0.29) is 6.09 Å². The van der Waals surface area contributed by atoms with Crippen LogP contribution in [0.25, 0.3) is 11.0 Å². The molecule has 3 atom stereocenters. The van der Waals surface area contributed by atoms with Gasteiger partial charge in [-0.2, -0.15) is 5.26 Å². The summed E-state index contributed by atoms with van der Waals surface area (Å²) in [6.07, 6.45) is 2.69. The minimum absolute atomic E-state index is 0.384. The molecule has 2 aromatic rings. The van der Waals surface area contributed by atoms with Crippen LogP contribution in [0.15, 0.2) is 24.5 Å². The zero-order valence-electron chi connectivity index (χ0n) is 14.0. The van der Waals surface area contributed by atoms with Crippen LogP contribution in [0.5, 0.6) is 0 Å². The molecule has 1 saturated carbocycles. The molecule has 1 saturated heterocycles. The second kappa shape index (κ2) is 5.46. The van der Waals surface area contributed by atoms with Gasteiger partial charge in [0, 0.05) is 12.0 Å². The normalized spacial score (nSPS) is 31.7. The highest BCUT2D eigenvalue weighted by Crippen LogP contribution is 2.46. The molecular weight excluding hydrogens is 320 g/mol. The van der Waals surface area contributed by atoms with E-state index in [2.05, 4.69) is 16.4 Å². The summed E-state index contributed by atoms with van der Waals surface area (Å²) in [5, 5.41) is 22.5. The molecule has 1 aliphatic carbocycles. The largest absolute Gasteiger partial charge is 0.441 e. The Morgan fingerprint density at radius 3 is 3.12 bits per heavy atom. The molecule has 1 aromatic carbocycles. The Morgan fingerprint density at radius 1 is 1.56 bits per heavy atom. The second-order valence-electron chi connectivity index (χ2n) is 7.50. The van der Waals surface area contributed by atoms with Gasteiger partial charge in [-0.3, -0.25) is 0 Å². The second-order valence-corrected chi connectivity index (χ2v) is 7.50. The zero-order chi connectivity index (χ0) is 17.7. The molecule has 0 radical (unpaired) electrons. The van der Waals surface area contributed by atoms with Crippen LogP contribution in [0.4, 0.5) is 4.79 Å². The van der Waals surface area contributed by atoms with Crippen molar-refractivity contribution in [2.75, 3.05) is 6.54 Å². The maximum Gasteiger partial charge on any atom is 0.407 e. The van der Waals surface area contributed by atoms with Gasteiger partial charge in [-0.05, 0) is 37.5 Å². The quantitative estimate of drug-likeness (QED) is 0.870. The van der Waals surface area contributed by atoms with Crippen LogP contribution in [0.3, 0.4) is 0 Å². The summed E-state index contributed by atoms with van der Waals surface area (Å²) in [6, 6.07) is 7.53. The van der Waals surface area contributed by atoms with Crippen molar-refractivity contribution in [1.29, 1.82) is 5.26 Å². The Hall–Kier alpha value is -2.59. The van der Waals surface area contributed by atoms with Gasteiger partial charge in [0.2, 0.25) is 0 Å². The number of carbonyl (C=O) groups excluding carboxylic acids is 1. The van der Waals surface area contributed by atoms with Gasteiger partial charge in [0.25, 0.3) is 0 Å². The van der Waals surface area contributed by atoms with Gasteiger partial charge in [0.05, 0.1) is 41.6 Å². The Balaban J connectivity index is 1.66. The molecule has 1 aliphatic heterocycles. The Kier molecular flexibility index (Phi) is 3.48. The van der Waals surface area contributed by atoms with Crippen LogP contribution in [0, 0.1) is 16.7 Å². The predicted octanol–water partition coefficient (Wildman–Crippen LogP) is 1.94. The van der Waals surface area contributed by atoms with Crippen molar-refractivity contribution in [3.8, 4) is 6.07 Å². The molecule has 2 aliphatic rings. The average Bonchev–Trinajstić information content (AvgIpc) is 3.15. The first-order valence-electron chi connectivity index (χ1n) is 8.43. The maximum absolute atomic E-state index is 11.5. The zero-order valence-corrected chi connectivity index (χ0v) is 14.0. The number of nitriles is 1. The van der Waals surface area contributed by atoms with E-state index in [1.165, 1.54) is 0 Å². The number of nitrogens with zero attached hydrogens (tertiary/aromatic N) is 3. The summed E-state index contributed by atoms with van der Waals surface area (Å²) in [6.45, 7) is 3.04. The number of nitrogens with one attached hydrogen (secondary N) is 1. The number of amides is 1. The fraction of sp³-hybridized carbons (Fsp3) is 0.500. The molecule has 2 heterocycles. The van der Waals surface area contributed by atoms with Gasteiger partial charge in [-0.15, -0.1) is 0 Å². The lowest BCUT2D eigenvalue weighted by molar-refractivity contribution is -0.0946. The fourth-order valence-corrected chi connectivity index (χ4v) is 4.23. The number of fused-ring (bicyclic) bond motifs is 1. The van der Waals surface area contributed by atoms with E-state index in [0.29, 0.717) is 37.9 Å². The van der Waals surface area contributed by atoms with Crippen molar-refractivity contribution in [3.63, 3.8) is 0 Å². The summed E-state index contributed by atoms with van der Waals surface area (Å²) in [4.78, 5) is 15.9. The van der Waals surface area contributed by atoms with Gasteiger partial charge in [0.15, 0.2) is 0 Å². The Bertz CT molecular complexity index is 886. The summed E-state index contributed by atoms with van der Waals surface area (Å²) >= 11 is 0. The monoisotopic (exact) mass is 340 g/mol. The number of aromatic nitrogens is 2. The third-order valence-corrected chi connectivity index (χ3v) is 5.55. The molecule has 1 spiro atoms. The number of carbonyl (C=O) groups is 1. The lowest BCUT2D eigenvalue weighted by Gasteiger charge is -2.46. The highest BCUT2D eigenvalue weighted by Gasteiger charge is 2.52. The van der Waals surface area contributed by atoms with E-state index in [4.69, 9.17) is 10.00 Å². The summed E-state index contributed by atoms with van der Waals surface area (Å²) < 4.78 is 7.52. The molecule has 1 amide bonds. The number of ether oxygens (including phenoxy) is 1. The van der Waals surface area contributed by atoms with E-state index in [1.54, 1.807) is 12.4 Å². The highest BCUT2D eigenvalue weighted by atomic mass is 16.6. The molecular formula is C18H20N4O3. The van der Waals surface area contributed by atoms with Gasteiger partial charge >= 0.3 is 6.09 Å². The average molecular weight is 340 g/mol. The van der Waals surface area contributed by atoms with Crippen LogP contribution >= 0.6 is 0 Å². The number of hydrogen-bond donors (Lipinski definition) is 2. The van der Waals surface area contributed by atoms with Crippen LogP contribution in [-0.2, 0) is 11.3 Å². The van der Waals surface area contributed by atoms with E-state index in [0.717, 1.165) is 11.0 Å². The summed E-state index contributed by atoms with van der Waals surface area (Å²) in [5.41, 5.74) is 1.26. The third-order valence-electron chi connectivity index (χ3n) is 5.55. The van der Waals surface area contributed by atoms with Crippen LogP contribution in [0.2, 0.25) is 0 Å². The van der Waals surface area contributed by atoms with Crippen molar-refractivity contribution < 1.29 is 14.6 Å². The summed E-state index contributed by atoms with van der Waals surface area (Å²) in [5.74, 6) is 0. The number of rotatable bonds is 2. The van der Waals surface area contributed by atoms with Crippen molar-refractivity contribution in [2.45, 2.75) is 44.4 Å². The molecule has 130 valence electrons. The number of hydrogen-bond acceptors (Lipinski definition) is 5. The van der Waals surface area contributed by atoms with Crippen LogP contribution in [0.1, 0.15) is 31.7 Å². The number of aliphatic hydroxyl groups excluding tert-OH is 1. The van der Waals surface area contributed by atoms with Gasteiger partial charge in [0.1, 0.15) is 5.60 Å².